The van der Waals surface area contributed by atoms with Gasteiger partial charge in [-0.25, -0.2) is 0 Å². The molecule has 0 bridgehead atoms. The summed E-state index contributed by atoms with van der Waals surface area (Å²) in [6.07, 6.45) is -5.07. The monoisotopic (exact) mass is 556 g/mol. The predicted octanol–water partition coefficient (Wildman–Crippen LogP) is 6.34. The Morgan fingerprint density at radius 3 is 2.38 bits per heavy atom. The van der Waals surface area contributed by atoms with Crippen molar-refractivity contribution in [2.24, 2.45) is 0 Å². The normalized spacial score (nSPS) is 15.0. The lowest BCUT2D eigenvalue weighted by molar-refractivity contribution is -0.150. The summed E-state index contributed by atoms with van der Waals surface area (Å²) in [5.74, 6) is 1.14. The molecule has 0 aliphatic carbocycles. The predicted molar refractivity (Wildman–Crippen MR) is 148 cm³/mol. The Balaban J connectivity index is 1.66. The molecule has 1 aliphatic heterocycles. The molecule has 1 amide bonds. The summed E-state index contributed by atoms with van der Waals surface area (Å²) in [5, 5.41) is 0. The topological polar surface area (TPSA) is 74.0 Å². The molecule has 9 heteroatoms. The smallest absolute Gasteiger partial charge is 0.389 e. The van der Waals surface area contributed by atoms with Gasteiger partial charge in [0.1, 0.15) is 5.75 Å². The van der Waals surface area contributed by atoms with Crippen LogP contribution in [0.3, 0.4) is 0 Å². The number of hydrogen-bond donors (Lipinski definition) is 1. The summed E-state index contributed by atoms with van der Waals surface area (Å²) in [6.45, 7) is 4.58. The molecule has 3 aromatic carbocycles. The molecule has 4 rings (SSSR count). The Labute approximate surface area is 232 Å². The van der Waals surface area contributed by atoms with Gasteiger partial charge in [0.2, 0.25) is 5.91 Å². The van der Waals surface area contributed by atoms with Crippen LogP contribution in [0, 0.1) is 13.8 Å². The maximum atomic E-state index is 13.2. The highest BCUT2D eigenvalue weighted by Crippen LogP contribution is 2.42. The number of amides is 1. The molecule has 40 heavy (non-hydrogen) atoms. The zero-order valence-electron chi connectivity index (χ0n) is 23.2. The number of nitrogens with zero attached hydrogens (tertiary/aromatic N) is 1. The van der Waals surface area contributed by atoms with Gasteiger partial charge in [-0.1, -0.05) is 29.8 Å². The molecule has 0 fully saturated rings. The van der Waals surface area contributed by atoms with E-state index < -0.39 is 31.0 Å². The van der Waals surface area contributed by atoms with Crippen LogP contribution in [-0.2, 0) is 17.6 Å². The van der Waals surface area contributed by atoms with E-state index in [2.05, 4.69) is 0 Å². The van der Waals surface area contributed by atoms with Crippen molar-refractivity contribution >= 4 is 11.6 Å². The molecule has 0 radical (unpaired) electrons. The number of benzene rings is 3. The first-order valence-electron chi connectivity index (χ1n) is 13.2. The maximum absolute atomic E-state index is 13.2. The molecular formula is C31H35F3N2O4. The number of halogens is 3. The first-order chi connectivity index (χ1) is 19.0. The van der Waals surface area contributed by atoms with Crippen LogP contribution in [0.5, 0.6) is 17.2 Å². The molecule has 1 unspecified atom stereocenters. The molecule has 1 aliphatic rings. The van der Waals surface area contributed by atoms with Crippen LogP contribution >= 0.6 is 0 Å². The molecule has 2 N–H and O–H groups in total. The number of fused-ring (bicyclic) bond motifs is 1. The van der Waals surface area contributed by atoms with Gasteiger partial charge in [0.05, 0.1) is 39.0 Å². The SMILES string of the molecule is COc1ccc(CCOc2cc3c(cc2OC)CCN(C(=O)CCC(F)(F)F)C3c2ccc(C)cc2C)cc1N. The fourth-order valence-corrected chi connectivity index (χ4v) is 5.25. The number of methoxy groups -OCH3 is 2. The standard InChI is InChI=1S/C31H35F3N2O4/c1-19-5-7-23(20(2)15-19)30-24-18-28(40-14-11-21-6-8-26(38-3)25(35)16-21)27(39-4)17-22(24)10-13-36(30)29(37)9-12-31(32,33)34/h5-8,15-18,30H,9-14,35H2,1-4H3. The summed E-state index contributed by atoms with van der Waals surface area (Å²) in [4.78, 5) is 14.7. The third kappa shape index (κ3) is 6.63. The minimum atomic E-state index is -4.40. The van der Waals surface area contributed by atoms with Crippen molar-refractivity contribution in [1.29, 1.82) is 0 Å². The number of rotatable bonds is 9. The zero-order chi connectivity index (χ0) is 29.0. The van der Waals surface area contributed by atoms with Gasteiger partial charge < -0.3 is 24.8 Å². The lowest BCUT2D eigenvalue weighted by Gasteiger charge is -2.39. The van der Waals surface area contributed by atoms with E-state index >= 15 is 0 Å². The van der Waals surface area contributed by atoms with Gasteiger partial charge >= 0.3 is 6.18 Å². The van der Waals surface area contributed by atoms with E-state index in [1.165, 1.54) is 0 Å². The van der Waals surface area contributed by atoms with Gasteiger partial charge in [-0.2, -0.15) is 13.2 Å². The highest BCUT2D eigenvalue weighted by molar-refractivity contribution is 5.78. The Morgan fingerprint density at radius 1 is 0.975 bits per heavy atom. The molecule has 1 atom stereocenters. The molecule has 0 saturated heterocycles. The molecule has 0 saturated carbocycles. The molecule has 6 nitrogen and oxygen atoms in total. The van der Waals surface area contributed by atoms with Gasteiger partial charge in [-0.05, 0) is 72.4 Å². The number of nitrogen functional groups attached to an aromatic ring is 1. The maximum Gasteiger partial charge on any atom is 0.389 e. The molecule has 0 spiro atoms. The fraction of sp³-hybridized carbons (Fsp3) is 0.387. The summed E-state index contributed by atoms with van der Waals surface area (Å²) >= 11 is 0. The minimum absolute atomic E-state index is 0.309. The number of aryl methyl sites for hydroxylation is 2. The summed E-state index contributed by atoms with van der Waals surface area (Å²) < 4.78 is 55.9. The fourth-order valence-electron chi connectivity index (χ4n) is 5.25. The van der Waals surface area contributed by atoms with Crippen molar-refractivity contribution in [3.8, 4) is 17.2 Å². The Hall–Kier alpha value is -3.88. The zero-order valence-corrected chi connectivity index (χ0v) is 23.2. The van der Waals surface area contributed by atoms with E-state index in [-0.39, 0.29) is 0 Å². The molecule has 214 valence electrons. The quantitative estimate of drug-likeness (QED) is 0.312. The number of carbonyl (C=O) groups excluding carboxylic acids is 1. The first kappa shape index (κ1) is 29.1. The number of nitrogens with two attached hydrogens (primary N) is 1. The number of hydrogen-bond acceptors (Lipinski definition) is 5. The van der Waals surface area contributed by atoms with Crippen LogP contribution in [0.4, 0.5) is 18.9 Å². The number of carbonyl (C=O) groups is 1. The third-order valence-electron chi connectivity index (χ3n) is 7.26. The van der Waals surface area contributed by atoms with Crippen LogP contribution in [0.1, 0.15) is 52.3 Å². The molecule has 1 heterocycles. The van der Waals surface area contributed by atoms with E-state index in [0.29, 0.717) is 48.9 Å². The number of ether oxygens (including phenoxy) is 3. The lowest BCUT2D eigenvalue weighted by Crippen LogP contribution is -2.41. The van der Waals surface area contributed by atoms with Crippen LogP contribution < -0.4 is 19.9 Å². The highest BCUT2D eigenvalue weighted by Gasteiger charge is 2.36. The van der Waals surface area contributed by atoms with Crippen molar-refractivity contribution < 1.29 is 32.2 Å². The number of alkyl halides is 3. The van der Waals surface area contributed by atoms with E-state index in [4.69, 9.17) is 19.9 Å². The first-order valence-corrected chi connectivity index (χ1v) is 13.2. The van der Waals surface area contributed by atoms with Crippen molar-refractivity contribution in [2.45, 2.75) is 51.7 Å². The van der Waals surface area contributed by atoms with Crippen LogP contribution in [-0.4, -0.2) is 44.4 Å². The average molecular weight is 557 g/mol. The van der Waals surface area contributed by atoms with E-state index in [9.17, 15) is 18.0 Å². The second-order valence-electron chi connectivity index (χ2n) is 10.1. The van der Waals surface area contributed by atoms with Crippen LogP contribution in [0.2, 0.25) is 0 Å². The Morgan fingerprint density at radius 2 is 1.73 bits per heavy atom. The van der Waals surface area contributed by atoms with Gasteiger partial charge in [0.25, 0.3) is 0 Å². The molecule has 3 aromatic rings. The molecule has 0 aromatic heterocycles. The molecular weight excluding hydrogens is 521 g/mol. The van der Waals surface area contributed by atoms with Crippen molar-refractivity contribution in [2.75, 3.05) is 33.1 Å². The van der Waals surface area contributed by atoms with Crippen LogP contribution in [0.15, 0.2) is 48.5 Å². The summed E-state index contributed by atoms with van der Waals surface area (Å²) in [6, 6.07) is 14.7. The minimum Gasteiger partial charge on any atom is -0.495 e. The van der Waals surface area contributed by atoms with E-state index in [1.807, 2.05) is 62.4 Å². The largest absolute Gasteiger partial charge is 0.495 e. The average Bonchev–Trinajstić information content (AvgIpc) is 2.90. The van der Waals surface area contributed by atoms with Crippen LogP contribution in [0.25, 0.3) is 0 Å². The number of anilines is 1. The Bertz CT molecular complexity index is 1370. The van der Waals surface area contributed by atoms with E-state index in [0.717, 1.165) is 33.4 Å². The highest BCUT2D eigenvalue weighted by atomic mass is 19.4. The Kier molecular flexibility index (Phi) is 8.81. The van der Waals surface area contributed by atoms with Gasteiger partial charge in [0, 0.05) is 19.4 Å². The summed E-state index contributed by atoms with van der Waals surface area (Å²) in [5.41, 5.74) is 12.2. The lowest BCUT2D eigenvalue weighted by atomic mass is 9.85. The second kappa shape index (κ2) is 12.1. The van der Waals surface area contributed by atoms with Gasteiger partial charge in [-0.3, -0.25) is 4.79 Å². The summed E-state index contributed by atoms with van der Waals surface area (Å²) in [7, 11) is 3.13. The van der Waals surface area contributed by atoms with Crippen molar-refractivity contribution in [3.63, 3.8) is 0 Å². The third-order valence-corrected chi connectivity index (χ3v) is 7.26. The van der Waals surface area contributed by atoms with E-state index in [1.54, 1.807) is 19.1 Å². The second-order valence-corrected chi connectivity index (χ2v) is 10.1. The van der Waals surface area contributed by atoms with Crippen molar-refractivity contribution in [3.05, 3.63) is 81.9 Å². The van der Waals surface area contributed by atoms with Gasteiger partial charge in [0.15, 0.2) is 11.5 Å². The van der Waals surface area contributed by atoms with Crippen molar-refractivity contribution in [1.82, 2.24) is 4.90 Å². The van der Waals surface area contributed by atoms with Gasteiger partial charge in [-0.15, -0.1) is 0 Å².